The van der Waals surface area contributed by atoms with Crippen molar-refractivity contribution in [1.29, 1.82) is 0 Å². The van der Waals surface area contributed by atoms with Gasteiger partial charge in [-0.15, -0.1) is 0 Å². The maximum Gasteiger partial charge on any atom is 0.344 e. The van der Waals surface area contributed by atoms with Crippen molar-refractivity contribution in [1.82, 2.24) is 4.98 Å². The van der Waals surface area contributed by atoms with Crippen molar-refractivity contribution in [3.63, 3.8) is 0 Å². The van der Waals surface area contributed by atoms with Crippen molar-refractivity contribution in [2.45, 2.75) is 13.8 Å². The van der Waals surface area contributed by atoms with Crippen LogP contribution in [0.3, 0.4) is 0 Å². The van der Waals surface area contributed by atoms with Crippen LogP contribution in [0.1, 0.15) is 19.4 Å². The van der Waals surface area contributed by atoms with E-state index in [0.29, 0.717) is 16.1 Å². The average molecular weight is 386 g/mol. The van der Waals surface area contributed by atoms with Crippen LogP contribution < -0.4 is 5.63 Å². The predicted molar refractivity (Wildman–Crippen MR) is 103 cm³/mol. The van der Waals surface area contributed by atoms with Gasteiger partial charge in [0.25, 0.3) is 0 Å². The molecule has 0 saturated heterocycles. The number of carbonyl (C=O) groups is 1. The molecule has 2 aromatic heterocycles. The molecule has 0 bridgehead atoms. The first-order valence-electron chi connectivity index (χ1n) is 8.19. The lowest BCUT2D eigenvalue weighted by molar-refractivity contribution is -0.136. The van der Waals surface area contributed by atoms with E-state index in [0.717, 1.165) is 0 Å². The molecule has 3 rings (SSSR count). The molecular weight excluding hydrogens is 370 g/mol. The Balaban J connectivity index is 2.44. The number of hydrogen-bond donors (Lipinski definition) is 1. The molecule has 0 radical (unpaired) electrons. The number of halogens is 1. The van der Waals surface area contributed by atoms with Crippen molar-refractivity contribution in [2.24, 2.45) is 0 Å². The van der Waals surface area contributed by atoms with E-state index < -0.39 is 11.6 Å². The Morgan fingerprint density at radius 3 is 2.52 bits per heavy atom. The number of hydrogen-bond acceptors (Lipinski definition) is 6. The van der Waals surface area contributed by atoms with Crippen LogP contribution in [-0.2, 0) is 9.53 Å². The zero-order valence-electron chi connectivity index (χ0n) is 14.7. The van der Waals surface area contributed by atoms with Crippen LogP contribution in [0.2, 0.25) is 5.02 Å². The zero-order chi connectivity index (χ0) is 19.6. The summed E-state index contributed by atoms with van der Waals surface area (Å²) >= 11 is 5.89. The van der Waals surface area contributed by atoms with Gasteiger partial charge in [-0.1, -0.05) is 29.8 Å². The lowest BCUT2D eigenvalue weighted by Gasteiger charge is -2.14. The molecule has 0 fully saturated rings. The Labute approximate surface area is 159 Å². The van der Waals surface area contributed by atoms with Gasteiger partial charge in [-0.05, 0) is 32.0 Å². The van der Waals surface area contributed by atoms with E-state index in [9.17, 15) is 14.7 Å². The molecule has 0 atom stereocenters. The van der Waals surface area contributed by atoms with Gasteiger partial charge in [0, 0.05) is 17.1 Å². The van der Waals surface area contributed by atoms with Crippen LogP contribution in [0.5, 0.6) is 0 Å². The standard InChI is InChI=1S/C20H16ClNO5/c1-3-26-20(25)16(11(2)23)17-13-6-4-5-7-14(13)19(24)27-18(17)15-9-8-12(21)10-22-15/h4-10,23H,3H2,1-2H3/b16-11+. The number of carbonyl (C=O) groups excluding carboxylic acids is 1. The van der Waals surface area contributed by atoms with Crippen LogP contribution >= 0.6 is 11.6 Å². The Kier molecular flexibility index (Phi) is 5.28. The first kappa shape index (κ1) is 18.7. The number of aliphatic hydroxyl groups is 1. The van der Waals surface area contributed by atoms with E-state index in [1.54, 1.807) is 43.3 Å². The van der Waals surface area contributed by atoms with Gasteiger partial charge in [-0.25, -0.2) is 9.59 Å². The predicted octanol–water partition coefficient (Wildman–Crippen LogP) is 4.36. The molecule has 138 valence electrons. The molecular formula is C20H16ClNO5. The molecule has 3 aromatic rings. The SMILES string of the molecule is CCOC(=O)/C(=C(\C)O)c1c(-c2ccc(Cl)cn2)oc(=O)c2ccccc12. The highest BCUT2D eigenvalue weighted by Gasteiger charge is 2.26. The summed E-state index contributed by atoms with van der Waals surface area (Å²) in [5, 5.41) is 11.3. The number of rotatable bonds is 4. The van der Waals surface area contributed by atoms with Gasteiger partial charge in [-0.2, -0.15) is 0 Å². The van der Waals surface area contributed by atoms with Crippen LogP contribution in [-0.4, -0.2) is 22.7 Å². The van der Waals surface area contributed by atoms with Gasteiger partial charge in [0.15, 0.2) is 5.76 Å². The van der Waals surface area contributed by atoms with Crippen molar-refractivity contribution >= 4 is 33.9 Å². The Bertz CT molecular complexity index is 1100. The summed E-state index contributed by atoms with van der Waals surface area (Å²) in [7, 11) is 0. The third-order valence-electron chi connectivity index (χ3n) is 3.89. The number of benzene rings is 1. The third kappa shape index (κ3) is 3.57. The normalized spacial score (nSPS) is 12.0. The minimum absolute atomic E-state index is 0.0480. The second kappa shape index (κ2) is 7.63. The molecule has 1 aromatic carbocycles. The number of ether oxygens (including phenoxy) is 1. The number of pyridine rings is 1. The molecule has 0 spiro atoms. The fourth-order valence-electron chi connectivity index (χ4n) is 2.77. The molecule has 1 N–H and O–H groups in total. The Hall–Kier alpha value is -3.12. The van der Waals surface area contributed by atoms with E-state index in [1.807, 2.05) is 0 Å². The summed E-state index contributed by atoms with van der Waals surface area (Å²) in [5.74, 6) is -0.943. The number of fused-ring (bicyclic) bond motifs is 1. The second-order valence-corrected chi connectivity index (χ2v) is 6.12. The van der Waals surface area contributed by atoms with Crippen LogP contribution in [0, 0.1) is 0 Å². The van der Waals surface area contributed by atoms with E-state index >= 15 is 0 Å². The lowest BCUT2D eigenvalue weighted by atomic mass is 9.96. The first-order valence-corrected chi connectivity index (χ1v) is 8.57. The molecule has 27 heavy (non-hydrogen) atoms. The number of nitrogens with zero attached hydrogens (tertiary/aromatic N) is 1. The van der Waals surface area contributed by atoms with Crippen molar-refractivity contribution < 1.29 is 19.1 Å². The minimum atomic E-state index is -0.730. The summed E-state index contributed by atoms with van der Waals surface area (Å²) in [5.41, 5.74) is -0.151. The van der Waals surface area contributed by atoms with Crippen molar-refractivity contribution in [2.75, 3.05) is 6.61 Å². The van der Waals surface area contributed by atoms with Gasteiger partial charge < -0.3 is 14.3 Å². The van der Waals surface area contributed by atoms with Crippen LogP contribution in [0.25, 0.3) is 27.8 Å². The molecule has 0 aliphatic carbocycles. The number of aromatic nitrogens is 1. The highest BCUT2D eigenvalue weighted by Crippen LogP contribution is 2.35. The molecule has 2 heterocycles. The van der Waals surface area contributed by atoms with E-state index in [1.165, 1.54) is 13.1 Å². The summed E-state index contributed by atoms with van der Waals surface area (Å²) in [6.07, 6.45) is 1.40. The summed E-state index contributed by atoms with van der Waals surface area (Å²) < 4.78 is 10.6. The highest BCUT2D eigenvalue weighted by molar-refractivity contribution is 6.30. The summed E-state index contributed by atoms with van der Waals surface area (Å²) in [4.78, 5) is 29.2. The van der Waals surface area contributed by atoms with Gasteiger partial charge in [0.2, 0.25) is 0 Å². The van der Waals surface area contributed by atoms with E-state index in [-0.39, 0.29) is 34.6 Å². The average Bonchev–Trinajstić information content (AvgIpc) is 2.64. The van der Waals surface area contributed by atoms with Gasteiger partial charge in [-0.3, -0.25) is 4.98 Å². The van der Waals surface area contributed by atoms with E-state index in [4.69, 9.17) is 20.8 Å². The van der Waals surface area contributed by atoms with Crippen LogP contribution in [0.4, 0.5) is 0 Å². The maximum absolute atomic E-state index is 12.6. The quantitative estimate of drug-likeness (QED) is 0.407. The number of allylic oxidation sites excluding steroid dienone is 1. The number of aliphatic hydroxyl groups excluding tert-OH is 1. The van der Waals surface area contributed by atoms with Crippen LogP contribution in [0.15, 0.2) is 57.6 Å². The fraction of sp³-hybridized carbons (Fsp3) is 0.150. The molecule has 0 unspecified atom stereocenters. The summed E-state index contributed by atoms with van der Waals surface area (Å²) in [6.45, 7) is 3.15. The molecule has 6 nitrogen and oxygen atoms in total. The van der Waals surface area contributed by atoms with Crippen molar-refractivity contribution in [3.8, 4) is 11.5 Å². The Morgan fingerprint density at radius 2 is 1.93 bits per heavy atom. The zero-order valence-corrected chi connectivity index (χ0v) is 15.4. The smallest absolute Gasteiger partial charge is 0.344 e. The minimum Gasteiger partial charge on any atom is -0.512 e. The van der Waals surface area contributed by atoms with Gasteiger partial charge in [0.05, 0.1) is 17.0 Å². The first-order chi connectivity index (χ1) is 12.9. The number of esters is 1. The molecule has 0 saturated carbocycles. The van der Waals surface area contributed by atoms with Crippen molar-refractivity contribution in [3.05, 3.63) is 69.4 Å². The van der Waals surface area contributed by atoms with Gasteiger partial charge in [0.1, 0.15) is 17.0 Å². The Morgan fingerprint density at radius 1 is 1.22 bits per heavy atom. The third-order valence-corrected chi connectivity index (χ3v) is 4.11. The molecule has 0 amide bonds. The molecule has 7 heteroatoms. The largest absolute Gasteiger partial charge is 0.512 e. The van der Waals surface area contributed by atoms with E-state index in [2.05, 4.69) is 4.98 Å². The second-order valence-electron chi connectivity index (χ2n) is 5.68. The molecule has 0 aliphatic rings. The lowest BCUT2D eigenvalue weighted by Crippen LogP contribution is -2.13. The maximum atomic E-state index is 12.6. The molecule has 0 aliphatic heterocycles. The fourth-order valence-corrected chi connectivity index (χ4v) is 2.88. The van der Waals surface area contributed by atoms with Gasteiger partial charge >= 0.3 is 11.6 Å². The highest BCUT2D eigenvalue weighted by atomic mass is 35.5. The monoisotopic (exact) mass is 385 g/mol. The summed E-state index contributed by atoms with van der Waals surface area (Å²) in [6, 6.07) is 9.81. The topological polar surface area (TPSA) is 89.6 Å².